The summed E-state index contributed by atoms with van der Waals surface area (Å²) in [6, 6.07) is 14.2. The van der Waals surface area contributed by atoms with Gasteiger partial charge in [0, 0.05) is 28.5 Å². The number of hydrogen-bond donors (Lipinski definition) is 3. The summed E-state index contributed by atoms with van der Waals surface area (Å²) < 4.78 is 0. The monoisotopic (exact) mass is 331 g/mol. The number of nitrogens with one attached hydrogen (secondary N) is 3. The first kappa shape index (κ1) is 16.8. The Morgan fingerprint density at radius 2 is 1.52 bits per heavy atom. The molecule has 0 radical (unpaired) electrons. The van der Waals surface area contributed by atoms with Crippen LogP contribution in [-0.2, 0) is 9.59 Å². The van der Waals surface area contributed by atoms with Crippen LogP contribution in [0.2, 0.25) is 5.02 Å². The van der Waals surface area contributed by atoms with Crippen LogP contribution in [-0.4, -0.2) is 18.4 Å². The maximum Gasteiger partial charge on any atom is 0.243 e. The first-order valence-electron chi connectivity index (χ1n) is 7.26. The number of rotatable bonds is 6. The van der Waals surface area contributed by atoms with Gasteiger partial charge in [-0.3, -0.25) is 9.59 Å². The summed E-state index contributed by atoms with van der Waals surface area (Å²) in [6.45, 7) is 1.90. The lowest BCUT2D eigenvalue weighted by atomic mass is 10.2. The molecule has 0 aliphatic heterocycles. The largest absolute Gasteiger partial charge is 0.376 e. The molecule has 0 atom stereocenters. The molecular weight excluding hydrogens is 314 g/mol. The summed E-state index contributed by atoms with van der Waals surface area (Å²) in [5.74, 6) is -0.240. The fourth-order valence-corrected chi connectivity index (χ4v) is 2.10. The van der Waals surface area contributed by atoms with Crippen molar-refractivity contribution in [1.82, 2.24) is 0 Å². The second-order valence-electron chi connectivity index (χ2n) is 4.89. The van der Waals surface area contributed by atoms with E-state index in [9.17, 15) is 9.59 Å². The van der Waals surface area contributed by atoms with Gasteiger partial charge in [0.2, 0.25) is 11.8 Å². The Morgan fingerprint density at radius 3 is 2.22 bits per heavy atom. The maximum absolute atomic E-state index is 11.9. The third kappa shape index (κ3) is 5.64. The molecule has 0 bridgehead atoms. The molecule has 0 heterocycles. The van der Waals surface area contributed by atoms with Gasteiger partial charge >= 0.3 is 0 Å². The highest BCUT2D eigenvalue weighted by molar-refractivity contribution is 6.30. The van der Waals surface area contributed by atoms with Crippen molar-refractivity contribution >= 4 is 40.5 Å². The van der Waals surface area contributed by atoms with Crippen LogP contribution >= 0.6 is 11.6 Å². The number of halogens is 1. The molecule has 0 spiro atoms. The molecule has 120 valence electrons. The molecular formula is C17H18ClN3O2. The highest BCUT2D eigenvalue weighted by atomic mass is 35.5. The highest BCUT2D eigenvalue weighted by Crippen LogP contribution is 2.16. The van der Waals surface area contributed by atoms with Gasteiger partial charge in [-0.1, -0.05) is 30.7 Å². The van der Waals surface area contributed by atoms with Crippen molar-refractivity contribution in [2.75, 3.05) is 22.5 Å². The molecule has 2 rings (SSSR count). The van der Waals surface area contributed by atoms with Crippen LogP contribution in [0.25, 0.3) is 0 Å². The zero-order valence-corrected chi connectivity index (χ0v) is 13.5. The maximum atomic E-state index is 11.9. The van der Waals surface area contributed by atoms with Crippen LogP contribution in [0.15, 0.2) is 48.5 Å². The number of anilines is 3. The lowest BCUT2D eigenvalue weighted by molar-refractivity contribution is -0.116. The minimum absolute atomic E-state index is 0.0548. The SMILES string of the molecule is CCC(=O)Nc1cccc(NCC(=O)Nc2cccc(Cl)c2)c1. The molecule has 2 aromatic rings. The van der Waals surface area contributed by atoms with E-state index >= 15 is 0 Å². The molecule has 2 aromatic carbocycles. The summed E-state index contributed by atoms with van der Waals surface area (Å²) in [5.41, 5.74) is 2.09. The Balaban J connectivity index is 1.89. The lowest BCUT2D eigenvalue weighted by Crippen LogP contribution is -2.21. The fourth-order valence-electron chi connectivity index (χ4n) is 1.91. The molecule has 2 amide bonds. The molecule has 0 aliphatic rings. The van der Waals surface area contributed by atoms with Gasteiger partial charge < -0.3 is 16.0 Å². The molecule has 0 fully saturated rings. The van der Waals surface area contributed by atoms with Crippen LogP contribution in [0.5, 0.6) is 0 Å². The van der Waals surface area contributed by atoms with Crippen molar-refractivity contribution in [2.45, 2.75) is 13.3 Å². The summed E-state index contributed by atoms with van der Waals surface area (Å²) >= 11 is 5.87. The van der Waals surface area contributed by atoms with Crippen LogP contribution in [0.4, 0.5) is 17.1 Å². The smallest absolute Gasteiger partial charge is 0.243 e. The van der Waals surface area contributed by atoms with Crippen LogP contribution < -0.4 is 16.0 Å². The second kappa shape index (κ2) is 8.19. The van der Waals surface area contributed by atoms with E-state index in [2.05, 4.69) is 16.0 Å². The summed E-state index contributed by atoms with van der Waals surface area (Å²) in [4.78, 5) is 23.3. The standard InChI is InChI=1S/C17H18ClN3O2/c1-2-16(22)20-15-8-4-6-13(10-15)19-11-17(23)21-14-7-3-5-12(18)9-14/h3-10,19H,2,11H2,1H3,(H,20,22)(H,21,23). The van der Waals surface area contributed by atoms with Crippen molar-refractivity contribution in [1.29, 1.82) is 0 Å². The van der Waals surface area contributed by atoms with Gasteiger partial charge in [0.25, 0.3) is 0 Å². The van der Waals surface area contributed by atoms with Crippen molar-refractivity contribution in [3.63, 3.8) is 0 Å². The van der Waals surface area contributed by atoms with Gasteiger partial charge in [-0.05, 0) is 36.4 Å². The Labute approximate surface area is 140 Å². The van der Waals surface area contributed by atoms with E-state index in [1.54, 1.807) is 43.3 Å². The quantitative estimate of drug-likeness (QED) is 0.755. The average molecular weight is 332 g/mol. The van der Waals surface area contributed by atoms with E-state index in [0.29, 0.717) is 22.8 Å². The van der Waals surface area contributed by atoms with Crippen LogP contribution in [0, 0.1) is 0 Å². The van der Waals surface area contributed by atoms with E-state index in [4.69, 9.17) is 11.6 Å². The van der Waals surface area contributed by atoms with Crippen molar-refractivity contribution in [3.05, 3.63) is 53.6 Å². The van der Waals surface area contributed by atoms with Gasteiger partial charge in [-0.15, -0.1) is 0 Å². The zero-order chi connectivity index (χ0) is 16.7. The van der Waals surface area contributed by atoms with Gasteiger partial charge in [0.05, 0.1) is 6.54 Å². The van der Waals surface area contributed by atoms with E-state index in [0.717, 1.165) is 5.69 Å². The van der Waals surface area contributed by atoms with Crippen molar-refractivity contribution < 1.29 is 9.59 Å². The molecule has 0 aromatic heterocycles. The average Bonchev–Trinajstić information content (AvgIpc) is 2.53. The molecule has 3 N–H and O–H groups in total. The first-order chi connectivity index (χ1) is 11.1. The topological polar surface area (TPSA) is 70.2 Å². The van der Waals surface area contributed by atoms with Crippen molar-refractivity contribution in [2.24, 2.45) is 0 Å². The highest BCUT2D eigenvalue weighted by Gasteiger charge is 2.04. The lowest BCUT2D eigenvalue weighted by Gasteiger charge is -2.10. The molecule has 0 saturated carbocycles. The van der Waals surface area contributed by atoms with E-state index in [1.807, 2.05) is 12.1 Å². The Hall–Kier alpha value is -2.53. The van der Waals surface area contributed by atoms with E-state index in [1.165, 1.54) is 0 Å². The van der Waals surface area contributed by atoms with E-state index in [-0.39, 0.29) is 18.4 Å². The van der Waals surface area contributed by atoms with Gasteiger partial charge in [0.15, 0.2) is 0 Å². The molecule has 0 unspecified atom stereocenters. The predicted molar refractivity (Wildman–Crippen MR) is 93.9 cm³/mol. The van der Waals surface area contributed by atoms with Gasteiger partial charge in [-0.2, -0.15) is 0 Å². The minimum Gasteiger partial charge on any atom is -0.376 e. The number of benzene rings is 2. The molecule has 0 aliphatic carbocycles. The number of amides is 2. The van der Waals surface area contributed by atoms with Gasteiger partial charge in [0.1, 0.15) is 0 Å². The van der Waals surface area contributed by atoms with Gasteiger partial charge in [-0.25, -0.2) is 0 Å². The summed E-state index contributed by atoms with van der Waals surface area (Å²) in [6.07, 6.45) is 0.416. The number of carbonyl (C=O) groups excluding carboxylic acids is 2. The van der Waals surface area contributed by atoms with Crippen LogP contribution in [0.1, 0.15) is 13.3 Å². The fraction of sp³-hybridized carbons (Fsp3) is 0.176. The molecule has 23 heavy (non-hydrogen) atoms. The third-order valence-corrected chi connectivity index (χ3v) is 3.26. The molecule has 0 saturated heterocycles. The number of carbonyl (C=O) groups is 2. The van der Waals surface area contributed by atoms with Crippen LogP contribution in [0.3, 0.4) is 0 Å². The predicted octanol–water partition coefficient (Wildman–Crippen LogP) is 3.74. The first-order valence-corrected chi connectivity index (χ1v) is 7.64. The van der Waals surface area contributed by atoms with Crippen molar-refractivity contribution in [3.8, 4) is 0 Å². The molecule has 5 nitrogen and oxygen atoms in total. The Morgan fingerprint density at radius 1 is 0.913 bits per heavy atom. The zero-order valence-electron chi connectivity index (χ0n) is 12.7. The second-order valence-corrected chi connectivity index (χ2v) is 5.33. The number of hydrogen-bond acceptors (Lipinski definition) is 3. The normalized spacial score (nSPS) is 10.0. The Bertz CT molecular complexity index is 704. The van der Waals surface area contributed by atoms with E-state index < -0.39 is 0 Å². The summed E-state index contributed by atoms with van der Waals surface area (Å²) in [5, 5.41) is 9.10. The Kier molecular flexibility index (Phi) is 6.00. The summed E-state index contributed by atoms with van der Waals surface area (Å²) in [7, 11) is 0. The third-order valence-electron chi connectivity index (χ3n) is 3.03. The minimum atomic E-state index is -0.185. The molecule has 6 heteroatoms.